The van der Waals surface area contributed by atoms with Crippen molar-refractivity contribution in [1.29, 1.82) is 0 Å². The number of carbonyl (C=O) groups excluding carboxylic acids is 2. The second-order valence-corrected chi connectivity index (χ2v) is 5.70. The van der Waals surface area contributed by atoms with Crippen molar-refractivity contribution in [2.75, 3.05) is 0 Å². The van der Waals surface area contributed by atoms with Crippen LogP contribution in [0.3, 0.4) is 0 Å². The van der Waals surface area contributed by atoms with E-state index in [-0.39, 0.29) is 17.7 Å². The van der Waals surface area contributed by atoms with E-state index in [0.717, 1.165) is 22.3 Å². The fraction of sp³-hybridized carbons (Fsp3) is 0.222. The standard InChI is InChI=1S/C18H14O3/c1-10-5-4-6-11-9-14(16(19)15(10)11)17-12-7-2-3-8-13(12)18(20)21-17/h2-8,14,17H,9H2,1H3. The Labute approximate surface area is 122 Å². The van der Waals surface area contributed by atoms with Crippen molar-refractivity contribution in [1.82, 2.24) is 0 Å². The van der Waals surface area contributed by atoms with Crippen molar-refractivity contribution in [3.63, 3.8) is 0 Å². The number of ether oxygens (including phenoxy) is 1. The predicted octanol–water partition coefficient (Wildman–Crippen LogP) is 3.26. The summed E-state index contributed by atoms with van der Waals surface area (Å²) < 4.78 is 5.50. The number of rotatable bonds is 1. The van der Waals surface area contributed by atoms with Gasteiger partial charge in [-0.3, -0.25) is 4.79 Å². The number of cyclic esters (lactones) is 1. The summed E-state index contributed by atoms with van der Waals surface area (Å²) in [6, 6.07) is 13.3. The van der Waals surface area contributed by atoms with Crippen molar-refractivity contribution < 1.29 is 14.3 Å². The summed E-state index contributed by atoms with van der Waals surface area (Å²) in [4.78, 5) is 24.7. The maximum atomic E-state index is 12.7. The van der Waals surface area contributed by atoms with Gasteiger partial charge >= 0.3 is 5.97 Å². The molecule has 4 rings (SSSR count). The summed E-state index contributed by atoms with van der Waals surface area (Å²) in [7, 11) is 0. The van der Waals surface area contributed by atoms with Crippen LogP contribution in [0.2, 0.25) is 0 Å². The lowest BCUT2D eigenvalue weighted by Gasteiger charge is -2.16. The fourth-order valence-electron chi connectivity index (χ4n) is 3.48. The van der Waals surface area contributed by atoms with Gasteiger partial charge in [0.1, 0.15) is 6.10 Å². The summed E-state index contributed by atoms with van der Waals surface area (Å²) in [5, 5.41) is 0. The van der Waals surface area contributed by atoms with Gasteiger partial charge in [0.2, 0.25) is 0 Å². The zero-order chi connectivity index (χ0) is 14.6. The first kappa shape index (κ1) is 12.3. The maximum Gasteiger partial charge on any atom is 0.339 e. The average Bonchev–Trinajstić information content (AvgIpc) is 2.99. The van der Waals surface area contributed by atoms with E-state index in [1.54, 1.807) is 6.07 Å². The highest BCUT2D eigenvalue weighted by Crippen LogP contribution is 2.42. The molecule has 3 nitrogen and oxygen atoms in total. The molecule has 2 aromatic carbocycles. The highest BCUT2D eigenvalue weighted by molar-refractivity contribution is 6.05. The number of benzene rings is 2. The Hall–Kier alpha value is -2.42. The van der Waals surface area contributed by atoms with E-state index in [9.17, 15) is 9.59 Å². The van der Waals surface area contributed by atoms with E-state index < -0.39 is 6.10 Å². The molecule has 104 valence electrons. The number of ketones is 1. The van der Waals surface area contributed by atoms with Crippen LogP contribution in [0, 0.1) is 12.8 Å². The molecule has 0 amide bonds. The van der Waals surface area contributed by atoms with Crippen molar-refractivity contribution >= 4 is 11.8 Å². The summed E-state index contributed by atoms with van der Waals surface area (Å²) in [5.74, 6) is -0.526. The van der Waals surface area contributed by atoms with E-state index in [0.29, 0.717) is 12.0 Å². The smallest absolute Gasteiger partial charge is 0.339 e. The molecule has 0 aromatic heterocycles. The predicted molar refractivity (Wildman–Crippen MR) is 77.3 cm³/mol. The van der Waals surface area contributed by atoms with Gasteiger partial charge in [0.15, 0.2) is 5.78 Å². The molecule has 0 fully saturated rings. The number of aryl methyl sites for hydroxylation is 1. The van der Waals surface area contributed by atoms with Crippen LogP contribution >= 0.6 is 0 Å². The summed E-state index contributed by atoms with van der Waals surface area (Å²) in [6.07, 6.45) is 0.190. The van der Waals surface area contributed by atoms with Gasteiger partial charge in [-0.15, -0.1) is 0 Å². The average molecular weight is 278 g/mol. The molecule has 2 unspecified atom stereocenters. The Morgan fingerprint density at radius 2 is 1.86 bits per heavy atom. The molecule has 0 bridgehead atoms. The number of Topliss-reactive ketones (excluding diaryl/α,β-unsaturated/α-hetero) is 1. The molecule has 2 aliphatic rings. The van der Waals surface area contributed by atoms with Gasteiger partial charge in [0.05, 0.1) is 11.5 Å². The normalized spacial score (nSPS) is 22.9. The molecule has 2 aromatic rings. The third-order valence-electron chi connectivity index (χ3n) is 4.47. The number of fused-ring (bicyclic) bond motifs is 2. The van der Waals surface area contributed by atoms with E-state index in [2.05, 4.69) is 0 Å². The minimum atomic E-state index is -0.451. The Bertz CT molecular complexity index is 776. The molecule has 0 saturated carbocycles. The molecule has 1 aliphatic heterocycles. The van der Waals surface area contributed by atoms with E-state index in [1.807, 2.05) is 43.3 Å². The zero-order valence-corrected chi connectivity index (χ0v) is 11.6. The second kappa shape index (κ2) is 4.29. The zero-order valence-electron chi connectivity index (χ0n) is 11.6. The summed E-state index contributed by atoms with van der Waals surface area (Å²) in [5.41, 5.74) is 4.29. The number of hydrogen-bond donors (Lipinski definition) is 0. The van der Waals surface area contributed by atoms with Crippen LogP contribution in [0.25, 0.3) is 0 Å². The van der Waals surface area contributed by atoms with Crippen molar-refractivity contribution in [3.05, 3.63) is 70.3 Å². The first-order valence-electron chi connectivity index (χ1n) is 7.09. The fourth-order valence-corrected chi connectivity index (χ4v) is 3.48. The molecule has 2 atom stereocenters. The minimum Gasteiger partial charge on any atom is -0.453 e. The Morgan fingerprint density at radius 1 is 1.05 bits per heavy atom. The molecule has 3 heteroatoms. The van der Waals surface area contributed by atoms with Crippen molar-refractivity contribution in [3.8, 4) is 0 Å². The van der Waals surface area contributed by atoms with Gasteiger partial charge in [-0.2, -0.15) is 0 Å². The quantitative estimate of drug-likeness (QED) is 0.752. The molecule has 1 aliphatic carbocycles. The number of carbonyl (C=O) groups is 2. The lowest BCUT2D eigenvalue weighted by molar-refractivity contribution is 0.0252. The maximum absolute atomic E-state index is 12.7. The summed E-state index contributed by atoms with van der Waals surface area (Å²) in [6.45, 7) is 1.95. The molecule has 1 heterocycles. The lowest BCUT2D eigenvalue weighted by Crippen LogP contribution is -2.19. The van der Waals surface area contributed by atoms with Crippen LogP contribution < -0.4 is 0 Å². The van der Waals surface area contributed by atoms with Gasteiger partial charge in [0.25, 0.3) is 0 Å². The van der Waals surface area contributed by atoms with Gasteiger partial charge in [-0.05, 0) is 30.5 Å². The topological polar surface area (TPSA) is 43.4 Å². The largest absolute Gasteiger partial charge is 0.453 e. The van der Waals surface area contributed by atoms with Crippen LogP contribution in [0.15, 0.2) is 42.5 Å². The summed E-state index contributed by atoms with van der Waals surface area (Å²) >= 11 is 0. The SMILES string of the molecule is Cc1cccc2c1C(=O)C(C1OC(=O)c3ccccc31)C2. The number of hydrogen-bond acceptors (Lipinski definition) is 3. The third-order valence-corrected chi connectivity index (χ3v) is 4.47. The van der Waals surface area contributed by atoms with Gasteiger partial charge < -0.3 is 4.74 Å². The van der Waals surface area contributed by atoms with Crippen LogP contribution in [0.4, 0.5) is 0 Å². The van der Waals surface area contributed by atoms with Crippen LogP contribution in [-0.4, -0.2) is 11.8 Å². The van der Waals surface area contributed by atoms with Crippen molar-refractivity contribution in [2.45, 2.75) is 19.4 Å². The highest BCUT2D eigenvalue weighted by Gasteiger charge is 2.44. The van der Waals surface area contributed by atoms with Gasteiger partial charge in [-0.25, -0.2) is 4.79 Å². The first-order valence-corrected chi connectivity index (χ1v) is 7.09. The van der Waals surface area contributed by atoms with Crippen LogP contribution in [0.1, 0.15) is 43.5 Å². The minimum absolute atomic E-state index is 0.0950. The van der Waals surface area contributed by atoms with Crippen LogP contribution in [-0.2, 0) is 11.2 Å². The molecular weight excluding hydrogens is 264 g/mol. The Balaban J connectivity index is 1.77. The Morgan fingerprint density at radius 3 is 2.67 bits per heavy atom. The molecule has 0 saturated heterocycles. The monoisotopic (exact) mass is 278 g/mol. The molecule has 0 spiro atoms. The lowest BCUT2D eigenvalue weighted by atomic mass is 9.91. The van der Waals surface area contributed by atoms with Gasteiger partial charge in [-0.1, -0.05) is 36.4 Å². The third kappa shape index (κ3) is 1.67. The van der Waals surface area contributed by atoms with E-state index in [1.165, 1.54) is 0 Å². The van der Waals surface area contributed by atoms with Crippen molar-refractivity contribution in [2.24, 2.45) is 5.92 Å². The van der Waals surface area contributed by atoms with Crippen LogP contribution in [0.5, 0.6) is 0 Å². The first-order chi connectivity index (χ1) is 10.2. The second-order valence-electron chi connectivity index (χ2n) is 5.70. The molecule has 21 heavy (non-hydrogen) atoms. The molecule has 0 radical (unpaired) electrons. The molecular formula is C18H14O3. The van der Waals surface area contributed by atoms with E-state index >= 15 is 0 Å². The Kier molecular flexibility index (Phi) is 2.52. The number of esters is 1. The molecule has 0 N–H and O–H groups in total. The van der Waals surface area contributed by atoms with E-state index in [4.69, 9.17) is 4.74 Å². The van der Waals surface area contributed by atoms with Gasteiger partial charge in [0, 0.05) is 11.1 Å². The highest BCUT2D eigenvalue weighted by atomic mass is 16.5.